The van der Waals surface area contributed by atoms with Crippen LogP contribution in [-0.2, 0) is 4.79 Å². The first-order chi connectivity index (χ1) is 16.0. The number of anilines is 1. The van der Waals surface area contributed by atoms with Crippen LogP contribution in [0.1, 0.15) is 59.8 Å². The largest absolute Gasteiger partial charge is 0.351 e. The van der Waals surface area contributed by atoms with Gasteiger partial charge in [0.25, 0.3) is 5.91 Å². The van der Waals surface area contributed by atoms with Crippen molar-refractivity contribution < 1.29 is 14.0 Å². The van der Waals surface area contributed by atoms with Crippen molar-refractivity contribution in [3.05, 3.63) is 95.6 Å². The molecule has 2 aromatic carbocycles. The Balaban J connectivity index is 1.81. The SMILES string of the molecule is Cc1ccc(N(C(=O)c2ccccn2)[C@H](C(=O)NC2CCCCC2)c2ccccc2F)cc1. The Hall–Kier alpha value is -3.54. The van der Waals surface area contributed by atoms with Crippen molar-refractivity contribution >= 4 is 17.5 Å². The second-order valence-corrected chi connectivity index (χ2v) is 8.49. The molecular weight excluding hydrogens is 417 g/mol. The van der Waals surface area contributed by atoms with Crippen LogP contribution in [0.5, 0.6) is 0 Å². The molecule has 1 saturated carbocycles. The van der Waals surface area contributed by atoms with Gasteiger partial charge in [-0.1, -0.05) is 61.2 Å². The van der Waals surface area contributed by atoms with Gasteiger partial charge in [0.2, 0.25) is 5.91 Å². The number of hydrogen-bond acceptors (Lipinski definition) is 3. The lowest BCUT2D eigenvalue weighted by Crippen LogP contribution is -2.47. The molecular formula is C27H28FN3O2. The highest BCUT2D eigenvalue weighted by molar-refractivity contribution is 6.09. The number of carbonyl (C=O) groups excluding carboxylic acids is 2. The third-order valence-electron chi connectivity index (χ3n) is 6.07. The molecule has 1 aromatic heterocycles. The van der Waals surface area contributed by atoms with Crippen molar-refractivity contribution in [2.24, 2.45) is 0 Å². The second kappa shape index (κ2) is 10.4. The summed E-state index contributed by atoms with van der Waals surface area (Å²) in [4.78, 5) is 33.0. The molecule has 1 heterocycles. The van der Waals surface area contributed by atoms with Crippen LogP contribution >= 0.6 is 0 Å². The van der Waals surface area contributed by atoms with Crippen LogP contribution in [0, 0.1) is 12.7 Å². The van der Waals surface area contributed by atoms with E-state index in [9.17, 15) is 9.59 Å². The summed E-state index contributed by atoms with van der Waals surface area (Å²) in [5.41, 5.74) is 1.85. The van der Waals surface area contributed by atoms with Crippen molar-refractivity contribution in [2.75, 3.05) is 4.90 Å². The van der Waals surface area contributed by atoms with Gasteiger partial charge in [-0.3, -0.25) is 19.5 Å². The van der Waals surface area contributed by atoms with Gasteiger partial charge in [-0.15, -0.1) is 0 Å². The number of halogens is 1. The molecule has 4 rings (SSSR count). The van der Waals surface area contributed by atoms with E-state index in [1.807, 2.05) is 19.1 Å². The number of carbonyl (C=O) groups is 2. The summed E-state index contributed by atoms with van der Waals surface area (Å²) in [5.74, 6) is -1.39. The second-order valence-electron chi connectivity index (χ2n) is 8.49. The average molecular weight is 446 g/mol. The lowest BCUT2D eigenvalue weighted by molar-refractivity contribution is -0.123. The normalized spacial score (nSPS) is 15.0. The predicted molar refractivity (Wildman–Crippen MR) is 126 cm³/mol. The summed E-state index contributed by atoms with van der Waals surface area (Å²) < 4.78 is 15.1. The van der Waals surface area contributed by atoms with Crippen LogP contribution in [0.2, 0.25) is 0 Å². The Morgan fingerprint density at radius 3 is 2.33 bits per heavy atom. The first kappa shape index (κ1) is 22.6. The molecule has 1 atom stereocenters. The first-order valence-corrected chi connectivity index (χ1v) is 11.4. The Morgan fingerprint density at radius 2 is 1.67 bits per heavy atom. The molecule has 1 fully saturated rings. The van der Waals surface area contributed by atoms with Gasteiger partial charge in [0, 0.05) is 23.5 Å². The zero-order chi connectivity index (χ0) is 23.2. The number of rotatable bonds is 6. The molecule has 2 amide bonds. The fourth-order valence-electron chi connectivity index (χ4n) is 4.32. The lowest BCUT2D eigenvalue weighted by atomic mass is 9.94. The molecule has 33 heavy (non-hydrogen) atoms. The molecule has 1 aliphatic carbocycles. The van der Waals surface area contributed by atoms with E-state index in [-0.39, 0.29) is 17.3 Å². The quantitative estimate of drug-likeness (QED) is 0.555. The first-order valence-electron chi connectivity index (χ1n) is 11.4. The number of benzene rings is 2. The molecule has 0 spiro atoms. The van der Waals surface area contributed by atoms with E-state index in [1.54, 1.807) is 48.5 Å². The summed E-state index contributed by atoms with van der Waals surface area (Å²) in [7, 11) is 0. The summed E-state index contributed by atoms with van der Waals surface area (Å²) in [6.45, 7) is 1.94. The van der Waals surface area contributed by atoms with E-state index in [1.165, 1.54) is 17.2 Å². The van der Waals surface area contributed by atoms with E-state index >= 15 is 4.39 Å². The third kappa shape index (κ3) is 5.28. The van der Waals surface area contributed by atoms with Gasteiger partial charge < -0.3 is 5.32 Å². The minimum Gasteiger partial charge on any atom is -0.351 e. The minimum absolute atomic E-state index is 0.0188. The van der Waals surface area contributed by atoms with Crippen LogP contribution < -0.4 is 10.2 Å². The lowest BCUT2D eigenvalue weighted by Gasteiger charge is -2.33. The monoisotopic (exact) mass is 445 g/mol. The molecule has 0 unspecified atom stereocenters. The van der Waals surface area contributed by atoms with Gasteiger partial charge >= 0.3 is 0 Å². The van der Waals surface area contributed by atoms with Gasteiger partial charge in [-0.2, -0.15) is 0 Å². The Bertz CT molecular complexity index is 1100. The van der Waals surface area contributed by atoms with E-state index in [0.29, 0.717) is 5.69 Å². The highest BCUT2D eigenvalue weighted by atomic mass is 19.1. The van der Waals surface area contributed by atoms with Crippen molar-refractivity contribution in [2.45, 2.75) is 51.1 Å². The van der Waals surface area contributed by atoms with Crippen LogP contribution in [0.25, 0.3) is 0 Å². The number of aryl methyl sites for hydroxylation is 1. The number of aromatic nitrogens is 1. The van der Waals surface area contributed by atoms with Crippen molar-refractivity contribution in [3.8, 4) is 0 Å². The van der Waals surface area contributed by atoms with Crippen molar-refractivity contribution in [1.29, 1.82) is 0 Å². The Labute approximate surface area is 193 Å². The number of amides is 2. The molecule has 0 aliphatic heterocycles. The highest BCUT2D eigenvalue weighted by Crippen LogP contribution is 2.32. The average Bonchev–Trinajstić information content (AvgIpc) is 2.85. The fraction of sp³-hybridized carbons (Fsp3) is 0.296. The molecule has 6 heteroatoms. The number of pyridine rings is 1. The van der Waals surface area contributed by atoms with Crippen LogP contribution in [0.4, 0.5) is 10.1 Å². The van der Waals surface area contributed by atoms with Gasteiger partial charge in [0.1, 0.15) is 17.6 Å². The number of nitrogens with zero attached hydrogens (tertiary/aromatic N) is 2. The van der Waals surface area contributed by atoms with Crippen LogP contribution in [0.3, 0.4) is 0 Å². The predicted octanol–water partition coefficient (Wildman–Crippen LogP) is 5.37. The maximum atomic E-state index is 15.1. The van der Waals surface area contributed by atoms with Gasteiger partial charge in [-0.25, -0.2) is 4.39 Å². The maximum Gasteiger partial charge on any atom is 0.277 e. The van der Waals surface area contributed by atoms with E-state index < -0.39 is 23.7 Å². The van der Waals surface area contributed by atoms with Gasteiger partial charge in [0.15, 0.2) is 0 Å². The van der Waals surface area contributed by atoms with Crippen molar-refractivity contribution in [1.82, 2.24) is 10.3 Å². The summed E-state index contributed by atoms with van der Waals surface area (Å²) >= 11 is 0. The topological polar surface area (TPSA) is 62.3 Å². The number of hydrogen-bond donors (Lipinski definition) is 1. The minimum atomic E-state index is -1.18. The van der Waals surface area contributed by atoms with E-state index in [2.05, 4.69) is 10.3 Å². The Kier molecular flexibility index (Phi) is 7.13. The molecule has 1 aliphatic rings. The smallest absolute Gasteiger partial charge is 0.277 e. The zero-order valence-corrected chi connectivity index (χ0v) is 18.7. The summed E-state index contributed by atoms with van der Waals surface area (Å²) in [6.07, 6.45) is 6.54. The number of nitrogens with one attached hydrogen (secondary N) is 1. The molecule has 170 valence electrons. The molecule has 5 nitrogen and oxygen atoms in total. The van der Waals surface area contributed by atoms with E-state index in [0.717, 1.165) is 37.7 Å². The van der Waals surface area contributed by atoms with Gasteiger partial charge in [-0.05, 0) is 50.1 Å². The van der Waals surface area contributed by atoms with E-state index in [4.69, 9.17) is 0 Å². The van der Waals surface area contributed by atoms with Gasteiger partial charge in [0.05, 0.1) is 0 Å². The molecule has 0 saturated heterocycles. The fourth-order valence-corrected chi connectivity index (χ4v) is 4.32. The summed E-state index contributed by atoms with van der Waals surface area (Å²) in [6, 6.07) is 17.3. The third-order valence-corrected chi connectivity index (χ3v) is 6.07. The molecule has 1 N–H and O–H groups in total. The van der Waals surface area contributed by atoms with Crippen LogP contribution in [-0.4, -0.2) is 22.8 Å². The summed E-state index contributed by atoms with van der Waals surface area (Å²) in [5, 5.41) is 3.09. The Morgan fingerprint density at radius 1 is 0.970 bits per heavy atom. The van der Waals surface area contributed by atoms with Crippen LogP contribution in [0.15, 0.2) is 72.9 Å². The molecule has 0 bridgehead atoms. The maximum absolute atomic E-state index is 15.1. The standard InChI is InChI=1S/C27H28FN3O2/c1-19-14-16-21(17-15-19)31(27(33)24-13-7-8-18-29-24)25(22-11-5-6-12-23(22)28)26(32)30-20-9-3-2-4-10-20/h5-8,11-18,20,25H,2-4,9-10H2,1H3,(H,30,32)/t25-/m0/s1. The van der Waals surface area contributed by atoms with Crippen molar-refractivity contribution in [3.63, 3.8) is 0 Å². The molecule has 0 radical (unpaired) electrons. The zero-order valence-electron chi connectivity index (χ0n) is 18.7. The molecule has 3 aromatic rings. The highest BCUT2D eigenvalue weighted by Gasteiger charge is 2.36.